The number of carbonyl (C=O) groups is 1. The van der Waals surface area contributed by atoms with E-state index in [1.807, 2.05) is 30.3 Å². The van der Waals surface area contributed by atoms with Crippen LogP contribution in [0.25, 0.3) is 0 Å². The summed E-state index contributed by atoms with van der Waals surface area (Å²) in [6, 6.07) is 14.2. The highest BCUT2D eigenvalue weighted by atomic mass is 79.9. The minimum absolute atomic E-state index is 0. The van der Waals surface area contributed by atoms with E-state index < -0.39 is 0 Å². The van der Waals surface area contributed by atoms with E-state index in [0.717, 1.165) is 30.0 Å². The van der Waals surface area contributed by atoms with Gasteiger partial charge in [-0.1, -0.05) is 107 Å². The Labute approximate surface area is 269 Å². The van der Waals surface area contributed by atoms with Gasteiger partial charge in [0, 0.05) is 18.2 Å². The molecule has 0 aliphatic carbocycles. The number of hydrogen-bond acceptors (Lipinski definition) is 4. The summed E-state index contributed by atoms with van der Waals surface area (Å²) in [5.41, 5.74) is 5.23. The molecule has 7 heteroatoms. The summed E-state index contributed by atoms with van der Waals surface area (Å²) in [6.07, 6.45) is 18.1. The van der Waals surface area contributed by atoms with Crippen LogP contribution in [0.3, 0.4) is 0 Å². The summed E-state index contributed by atoms with van der Waals surface area (Å²) in [5.74, 6) is 1.48. The molecule has 0 N–H and O–H groups in total. The maximum Gasteiger partial charge on any atom is 0.225 e. The first-order valence-electron chi connectivity index (χ1n) is 15.6. The molecule has 1 heterocycles. The fourth-order valence-electron chi connectivity index (χ4n) is 5.14. The van der Waals surface area contributed by atoms with Crippen LogP contribution < -0.4 is 35.9 Å². The highest BCUT2D eigenvalue weighted by molar-refractivity contribution is 7.09. The van der Waals surface area contributed by atoms with Gasteiger partial charge in [-0.25, -0.2) is 0 Å². The van der Waals surface area contributed by atoms with E-state index >= 15 is 0 Å². The number of rotatable bonds is 20. The summed E-state index contributed by atoms with van der Waals surface area (Å²) in [5, 5.41) is 0. The Hall–Kier alpha value is -2.38. The minimum atomic E-state index is 0. The molecule has 0 saturated heterocycles. The van der Waals surface area contributed by atoms with Crippen LogP contribution in [-0.2, 0) is 17.9 Å². The van der Waals surface area contributed by atoms with Gasteiger partial charge in [-0.05, 0) is 43.2 Å². The van der Waals surface area contributed by atoms with Crippen molar-refractivity contribution in [2.24, 2.45) is 0 Å². The van der Waals surface area contributed by atoms with Gasteiger partial charge in [-0.15, -0.1) is 0 Å². The first-order valence-corrected chi connectivity index (χ1v) is 16.5. The summed E-state index contributed by atoms with van der Waals surface area (Å²) >= 11 is 1.74. The number of halogens is 1. The number of methoxy groups -OCH3 is 1. The van der Waals surface area contributed by atoms with Crippen LogP contribution in [-0.4, -0.2) is 19.6 Å². The molecule has 0 unspecified atom stereocenters. The molecule has 3 rings (SSSR count). The fourth-order valence-corrected chi connectivity index (χ4v) is 5.78. The molecular formula is C35H51BrN2O3S. The highest BCUT2D eigenvalue weighted by Gasteiger charge is 2.15. The maximum absolute atomic E-state index is 12.6. The molecule has 1 aromatic heterocycles. The molecule has 0 atom stereocenters. The average Bonchev–Trinajstić information content (AvgIpc) is 3.39. The van der Waals surface area contributed by atoms with Gasteiger partial charge in [0.2, 0.25) is 11.4 Å². The summed E-state index contributed by atoms with van der Waals surface area (Å²) < 4.78 is 13.9. The summed E-state index contributed by atoms with van der Waals surface area (Å²) in [6.45, 7) is 7.99. The van der Waals surface area contributed by atoms with E-state index in [9.17, 15) is 4.79 Å². The number of nitrogens with zero attached hydrogens (tertiary/aromatic N) is 2. The van der Waals surface area contributed by atoms with Gasteiger partial charge in [0.1, 0.15) is 0 Å². The number of amides is 1. The third-order valence-corrected chi connectivity index (χ3v) is 8.39. The third-order valence-electron chi connectivity index (χ3n) is 7.54. The highest BCUT2D eigenvalue weighted by Crippen LogP contribution is 2.30. The number of ether oxygens (including phenoxy) is 2. The molecule has 232 valence electrons. The molecule has 0 fully saturated rings. The lowest BCUT2D eigenvalue weighted by Crippen LogP contribution is -3.00. The molecule has 3 aromatic rings. The van der Waals surface area contributed by atoms with Crippen LogP contribution in [0.15, 0.2) is 54.2 Å². The smallest absolute Gasteiger partial charge is 0.225 e. The molecule has 0 aliphatic rings. The van der Waals surface area contributed by atoms with Gasteiger partial charge in [0.25, 0.3) is 0 Å². The van der Waals surface area contributed by atoms with Crippen molar-refractivity contribution in [3.8, 4) is 11.5 Å². The largest absolute Gasteiger partial charge is 1.00 e. The van der Waals surface area contributed by atoms with E-state index in [4.69, 9.17) is 9.47 Å². The first kappa shape index (κ1) is 35.8. The summed E-state index contributed by atoms with van der Waals surface area (Å²) in [7, 11) is 1.67. The Morgan fingerprint density at radius 1 is 0.833 bits per heavy atom. The number of anilines is 1. The number of unbranched alkanes of at least 4 members (excludes halogenated alkanes) is 11. The van der Waals surface area contributed by atoms with Crippen LogP contribution in [0.4, 0.5) is 5.69 Å². The standard InChI is InChI=1S/C35H51N2O3S.BrH/c1-5-6-7-8-9-10-11-12-13-14-15-16-23-40-34-22-19-32(24-35(34)39-4)27-37(30(3)38)33-20-17-31(18-21-33)26-36-25-29(2)41-28-36;/h17-22,24-25,28H,5-16,23,26-27H2,1-4H3;1H/q+1;/p-1. The van der Waals surface area contributed by atoms with Crippen LogP contribution in [0.1, 0.15) is 107 Å². The molecule has 0 saturated carbocycles. The number of carbonyl (C=O) groups excluding carboxylic acids is 1. The van der Waals surface area contributed by atoms with Gasteiger partial charge < -0.3 is 31.4 Å². The van der Waals surface area contributed by atoms with Crippen LogP contribution in [0, 0.1) is 6.92 Å². The third kappa shape index (κ3) is 12.9. The van der Waals surface area contributed by atoms with Crippen LogP contribution in [0.2, 0.25) is 0 Å². The molecule has 0 bridgehead atoms. The van der Waals surface area contributed by atoms with E-state index in [2.05, 4.69) is 42.3 Å². The maximum atomic E-state index is 12.6. The molecule has 0 radical (unpaired) electrons. The lowest BCUT2D eigenvalue weighted by atomic mass is 10.1. The van der Waals surface area contributed by atoms with Gasteiger partial charge in [-0.3, -0.25) is 4.79 Å². The molecule has 0 aliphatic heterocycles. The second kappa shape index (κ2) is 20.5. The number of hydrogen-bond donors (Lipinski definition) is 0. The van der Waals surface area contributed by atoms with Crippen LogP contribution >= 0.6 is 11.3 Å². The molecule has 0 spiro atoms. The normalized spacial score (nSPS) is 10.8. The molecule has 1 amide bonds. The number of aryl methyl sites for hydroxylation is 1. The fraction of sp³-hybridized carbons (Fsp3) is 0.543. The second-order valence-corrected chi connectivity index (χ2v) is 12.2. The second-order valence-electron chi connectivity index (χ2n) is 11.1. The Kier molecular flexibility index (Phi) is 17.5. The topological polar surface area (TPSA) is 42.7 Å². The lowest BCUT2D eigenvalue weighted by Gasteiger charge is -2.22. The van der Waals surface area contributed by atoms with Crippen molar-refractivity contribution >= 4 is 22.9 Å². The van der Waals surface area contributed by atoms with Crippen molar-refractivity contribution in [3.63, 3.8) is 0 Å². The van der Waals surface area contributed by atoms with Crippen molar-refractivity contribution in [1.82, 2.24) is 0 Å². The van der Waals surface area contributed by atoms with E-state index in [-0.39, 0.29) is 22.9 Å². The Bertz CT molecular complexity index is 1170. The van der Waals surface area contributed by atoms with E-state index in [1.165, 1.54) is 81.1 Å². The average molecular weight is 660 g/mol. The predicted octanol–water partition coefficient (Wildman–Crippen LogP) is 6.04. The molecule has 42 heavy (non-hydrogen) atoms. The lowest BCUT2D eigenvalue weighted by molar-refractivity contribution is -0.683. The zero-order valence-corrected chi connectivity index (χ0v) is 28.6. The number of aromatic nitrogens is 1. The van der Waals surface area contributed by atoms with Crippen molar-refractivity contribution in [2.75, 3.05) is 18.6 Å². The van der Waals surface area contributed by atoms with Crippen LogP contribution in [0.5, 0.6) is 11.5 Å². The van der Waals surface area contributed by atoms with Crippen molar-refractivity contribution in [2.45, 2.75) is 111 Å². The quantitative estimate of drug-likeness (QED) is 0.110. The van der Waals surface area contributed by atoms with Crippen molar-refractivity contribution in [1.29, 1.82) is 0 Å². The Balaban J connectivity index is 0.00000616. The molecule has 2 aromatic carbocycles. The van der Waals surface area contributed by atoms with E-state index in [1.54, 1.807) is 30.3 Å². The van der Waals surface area contributed by atoms with Gasteiger partial charge in [-0.2, -0.15) is 4.57 Å². The van der Waals surface area contributed by atoms with Gasteiger partial charge in [0.15, 0.2) is 24.2 Å². The number of thiazole rings is 1. The minimum Gasteiger partial charge on any atom is -1.00 e. The first-order chi connectivity index (χ1) is 20.0. The zero-order valence-electron chi connectivity index (χ0n) is 26.2. The predicted molar refractivity (Wildman–Crippen MR) is 171 cm³/mol. The SMILES string of the molecule is CCCCCCCCCCCCCCOc1ccc(CN(C(C)=O)c2ccc(C[n+]3csc(C)c3)cc2)cc1OC.[Br-]. The van der Waals surface area contributed by atoms with Gasteiger partial charge in [0.05, 0.1) is 25.1 Å². The number of benzene rings is 2. The van der Waals surface area contributed by atoms with E-state index in [0.29, 0.717) is 18.9 Å². The molecule has 5 nitrogen and oxygen atoms in total. The Morgan fingerprint density at radius 3 is 1.98 bits per heavy atom. The monoisotopic (exact) mass is 658 g/mol. The van der Waals surface area contributed by atoms with Gasteiger partial charge >= 0.3 is 0 Å². The Morgan fingerprint density at radius 2 is 1.43 bits per heavy atom. The molecular weight excluding hydrogens is 608 g/mol. The van der Waals surface area contributed by atoms with Crippen molar-refractivity contribution in [3.05, 3.63) is 70.2 Å². The van der Waals surface area contributed by atoms with Crippen molar-refractivity contribution < 1.29 is 35.8 Å². The zero-order chi connectivity index (χ0) is 29.3. The summed E-state index contributed by atoms with van der Waals surface area (Å²) in [4.78, 5) is 15.7.